The Balaban J connectivity index is 3.36. The number of rotatable bonds is 2. The lowest BCUT2D eigenvalue weighted by atomic mass is 10.3. The number of aromatic hydroxyl groups is 1. The van der Waals surface area contributed by atoms with E-state index in [2.05, 4.69) is 4.74 Å². The van der Waals surface area contributed by atoms with Gasteiger partial charge in [-0.3, -0.25) is 0 Å². The summed E-state index contributed by atoms with van der Waals surface area (Å²) in [4.78, 5) is 0. The number of benzene rings is 1. The van der Waals surface area contributed by atoms with Crippen LogP contribution in [0, 0.1) is 5.82 Å². The highest BCUT2D eigenvalue weighted by atomic mass is 35.5. The normalized spacial score (nSPS) is 9.85. The van der Waals surface area contributed by atoms with Gasteiger partial charge in [-0.2, -0.15) is 4.39 Å². The second kappa shape index (κ2) is 3.70. The van der Waals surface area contributed by atoms with E-state index >= 15 is 0 Å². The lowest BCUT2D eigenvalue weighted by Crippen LogP contribution is -1.92. The van der Waals surface area contributed by atoms with Gasteiger partial charge in [0.25, 0.3) is 0 Å². The van der Waals surface area contributed by atoms with Crippen molar-refractivity contribution in [2.75, 3.05) is 14.2 Å². The zero-order valence-corrected chi connectivity index (χ0v) is 7.85. The molecular weight excluding hydrogens is 199 g/mol. The molecule has 1 aromatic rings. The van der Waals surface area contributed by atoms with Crippen LogP contribution in [0.25, 0.3) is 0 Å². The number of methoxy groups -OCH3 is 2. The maximum Gasteiger partial charge on any atom is 0.208 e. The molecule has 1 aromatic carbocycles. The minimum Gasteiger partial charge on any atom is -0.504 e. The molecule has 0 fully saturated rings. The summed E-state index contributed by atoms with van der Waals surface area (Å²) in [5.74, 6) is -1.51. The molecule has 0 radical (unpaired) electrons. The fraction of sp³-hybridized carbons (Fsp3) is 0.250. The van der Waals surface area contributed by atoms with Gasteiger partial charge in [-0.25, -0.2) is 0 Å². The average molecular weight is 207 g/mol. The minimum atomic E-state index is -0.895. The van der Waals surface area contributed by atoms with Gasteiger partial charge in [-0.05, 0) is 0 Å². The smallest absolute Gasteiger partial charge is 0.208 e. The quantitative estimate of drug-likeness (QED) is 0.806. The first-order valence-corrected chi connectivity index (χ1v) is 3.78. The van der Waals surface area contributed by atoms with Crippen molar-refractivity contribution in [1.29, 1.82) is 0 Å². The zero-order valence-electron chi connectivity index (χ0n) is 7.10. The minimum absolute atomic E-state index is 0.112. The van der Waals surface area contributed by atoms with Crippen molar-refractivity contribution >= 4 is 11.6 Å². The molecule has 0 aliphatic rings. The molecule has 5 heteroatoms. The van der Waals surface area contributed by atoms with Crippen LogP contribution in [0.3, 0.4) is 0 Å². The van der Waals surface area contributed by atoms with Crippen LogP contribution < -0.4 is 9.47 Å². The number of hydrogen-bond donors (Lipinski definition) is 1. The lowest BCUT2D eigenvalue weighted by Gasteiger charge is -2.08. The monoisotopic (exact) mass is 206 g/mol. The van der Waals surface area contributed by atoms with Crippen molar-refractivity contribution in [3.05, 3.63) is 16.9 Å². The number of phenols is 1. The standard InChI is InChI=1S/C8H8ClFO3/c1-12-4-3-5(13-2)7(10)8(11)6(4)9/h3,11H,1-2H3. The van der Waals surface area contributed by atoms with Crippen LogP contribution in [0.15, 0.2) is 6.07 Å². The highest BCUT2D eigenvalue weighted by molar-refractivity contribution is 6.33. The summed E-state index contributed by atoms with van der Waals surface area (Å²) in [5, 5.41) is 9.00. The maximum absolute atomic E-state index is 13.1. The summed E-state index contributed by atoms with van der Waals surface area (Å²) in [6.45, 7) is 0. The van der Waals surface area contributed by atoms with E-state index in [9.17, 15) is 4.39 Å². The van der Waals surface area contributed by atoms with Crippen LogP contribution in [-0.4, -0.2) is 19.3 Å². The Morgan fingerprint density at radius 2 is 1.85 bits per heavy atom. The van der Waals surface area contributed by atoms with Gasteiger partial charge in [0.2, 0.25) is 5.82 Å². The summed E-state index contributed by atoms with van der Waals surface area (Å²) in [6, 6.07) is 1.26. The molecule has 3 nitrogen and oxygen atoms in total. The van der Waals surface area contributed by atoms with Gasteiger partial charge in [-0.15, -0.1) is 0 Å². The van der Waals surface area contributed by atoms with E-state index in [1.54, 1.807) is 0 Å². The van der Waals surface area contributed by atoms with Crippen LogP contribution in [0.1, 0.15) is 0 Å². The van der Waals surface area contributed by atoms with Crippen LogP contribution in [-0.2, 0) is 0 Å². The van der Waals surface area contributed by atoms with Crippen molar-refractivity contribution < 1.29 is 19.0 Å². The summed E-state index contributed by atoms with van der Waals surface area (Å²) in [7, 11) is 2.64. The molecule has 0 atom stereocenters. The molecule has 0 bridgehead atoms. The summed E-state index contributed by atoms with van der Waals surface area (Å²) in [5.41, 5.74) is 0. The van der Waals surface area contributed by atoms with Crippen LogP contribution in [0.5, 0.6) is 17.2 Å². The Kier molecular flexibility index (Phi) is 2.83. The predicted molar refractivity (Wildman–Crippen MR) is 46.2 cm³/mol. The largest absolute Gasteiger partial charge is 0.504 e. The third-order valence-corrected chi connectivity index (χ3v) is 1.92. The van der Waals surface area contributed by atoms with E-state index in [-0.39, 0.29) is 16.5 Å². The van der Waals surface area contributed by atoms with Crippen LogP contribution >= 0.6 is 11.6 Å². The number of ether oxygens (including phenoxy) is 2. The fourth-order valence-corrected chi connectivity index (χ4v) is 1.09. The van der Waals surface area contributed by atoms with Crippen LogP contribution in [0.4, 0.5) is 4.39 Å². The molecule has 0 unspecified atom stereocenters. The lowest BCUT2D eigenvalue weighted by molar-refractivity contribution is 0.352. The van der Waals surface area contributed by atoms with Crippen molar-refractivity contribution in [3.8, 4) is 17.2 Å². The van der Waals surface area contributed by atoms with Gasteiger partial charge in [-0.1, -0.05) is 11.6 Å². The predicted octanol–water partition coefficient (Wildman–Crippen LogP) is 2.20. The molecular formula is C8H8ClFO3. The third kappa shape index (κ3) is 1.62. The molecule has 0 amide bonds. The molecule has 0 saturated carbocycles. The van der Waals surface area contributed by atoms with Crippen molar-refractivity contribution in [2.24, 2.45) is 0 Å². The van der Waals surface area contributed by atoms with E-state index in [1.165, 1.54) is 20.3 Å². The summed E-state index contributed by atoms with van der Waals surface area (Å²) < 4.78 is 22.5. The van der Waals surface area contributed by atoms with E-state index < -0.39 is 11.6 Å². The molecule has 0 saturated heterocycles. The Labute approximate surface area is 79.7 Å². The molecule has 0 aliphatic carbocycles. The summed E-state index contributed by atoms with van der Waals surface area (Å²) in [6.07, 6.45) is 0. The van der Waals surface area contributed by atoms with E-state index in [0.717, 1.165) is 0 Å². The highest BCUT2D eigenvalue weighted by Crippen LogP contribution is 2.40. The summed E-state index contributed by atoms with van der Waals surface area (Å²) >= 11 is 5.56. The second-order valence-electron chi connectivity index (χ2n) is 2.26. The topological polar surface area (TPSA) is 38.7 Å². The van der Waals surface area contributed by atoms with Gasteiger partial charge < -0.3 is 14.6 Å². The highest BCUT2D eigenvalue weighted by Gasteiger charge is 2.17. The Morgan fingerprint density at radius 1 is 1.31 bits per heavy atom. The molecule has 0 aliphatic heterocycles. The van der Waals surface area contributed by atoms with Gasteiger partial charge in [0.1, 0.15) is 10.8 Å². The molecule has 72 valence electrons. The first-order chi connectivity index (χ1) is 6.11. The third-order valence-electron chi connectivity index (χ3n) is 1.55. The molecule has 13 heavy (non-hydrogen) atoms. The number of halogens is 2. The Hall–Kier alpha value is -1.16. The van der Waals surface area contributed by atoms with Gasteiger partial charge in [0.05, 0.1) is 14.2 Å². The van der Waals surface area contributed by atoms with Crippen molar-refractivity contribution in [3.63, 3.8) is 0 Å². The second-order valence-corrected chi connectivity index (χ2v) is 2.64. The number of phenolic OH excluding ortho intramolecular Hbond substituents is 1. The van der Waals surface area contributed by atoms with Crippen molar-refractivity contribution in [1.82, 2.24) is 0 Å². The zero-order chi connectivity index (χ0) is 10.0. The fourth-order valence-electron chi connectivity index (χ4n) is 0.873. The van der Waals surface area contributed by atoms with Gasteiger partial charge >= 0.3 is 0 Å². The SMILES string of the molecule is COc1cc(OC)c(Cl)c(O)c1F. The first kappa shape index (κ1) is 9.92. The van der Waals surface area contributed by atoms with Gasteiger partial charge in [0.15, 0.2) is 11.5 Å². The molecule has 0 aromatic heterocycles. The maximum atomic E-state index is 13.1. The molecule has 0 heterocycles. The molecule has 1 N–H and O–H groups in total. The Bertz CT molecular complexity index is 299. The average Bonchev–Trinajstić information content (AvgIpc) is 2.15. The first-order valence-electron chi connectivity index (χ1n) is 3.40. The Morgan fingerprint density at radius 3 is 2.31 bits per heavy atom. The van der Waals surface area contributed by atoms with E-state index in [1.807, 2.05) is 0 Å². The molecule has 1 rings (SSSR count). The number of hydrogen-bond acceptors (Lipinski definition) is 3. The van der Waals surface area contributed by atoms with E-state index in [4.69, 9.17) is 21.4 Å². The van der Waals surface area contributed by atoms with E-state index in [0.29, 0.717) is 0 Å². The molecule has 0 spiro atoms. The van der Waals surface area contributed by atoms with Crippen LogP contribution in [0.2, 0.25) is 5.02 Å². The van der Waals surface area contributed by atoms with Crippen molar-refractivity contribution in [2.45, 2.75) is 0 Å². The van der Waals surface area contributed by atoms with Gasteiger partial charge in [0, 0.05) is 6.07 Å².